The van der Waals surface area contributed by atoms with E-state index in [1.165, 1.54) is 12.8 Å². The lowest BCUT2D eigenvalue weighted by Gasteiger charge is -2.18. The molecule has 3 N–H and O–H groups in total. The maximum Gasteiger partial charge on any atom is 0.129 e. The quantitative estimate of drug-likeness (QED) is 0.649. The first-order valence-electron chi connectivity index (χ1n) is 8.41. The first-order valence-corrected chi connectivity index (χ1v) is 8.41. The molecule has 1 aromatic heterocycles. The molecule has 3 rings (SSSR count). The molecule has 0 atom stereocenters. The van der Waals surface area contributed by atoms with Crippen LogP contribution in [0, 0.1) is 5.41 Å². The molecular weight excluding hydrogens is 300 g/mol. The molecule has 0 radical (unpaired) electrons. The van der Waals surface area contributed by atoms with Crippen molar-refractivity contribution in [1.29, 1.82) is 5.41 Å². The van der Waals surface area contributed by atoms with Gasteiger partial charge in [0.05, 0.1) is 11.8 Å². The molecule has 0 bridgehead atoms. The Bertz CT molecular complexity index is 742. The minimum Gasteiger partial charge on any atom is -0.491 e. The number of ether oxygens (including phenoxy) is 1. The number of nitrogens with zero attached hydrogens (tertiary/aromatic N) is 2. The van der Waals surface area contributed by atoms with Gasteiger partial charge in [0.1, 0.15) is 11.6 Å². The number of nitrogen functional groups attached to an aromatic ring is 1. The van der Waals surface area contributed by atoms with Gasteiger partial charge in [-0.05, 0) is 57.0 Å². The van der Waals surface area contributed by atoms with Crippen molar-refractivity contribution in [3.63, 3.8) is 0 Å². The summed E-state index contributed by atoms with van der Waals surface area (Å²) in [6.07, 6.45) is 4.25. The van der Waals surface area contributed by atoms with Crippen molar-refractivity contribution in [3.8, 4) is 5.75 Å². The first kappa shape index (κ1) is 16.3. The summed E-state index contributed by atoms with van der Waals surface area (Å²) in [7, 11) is 0. The second-order valence-electron chi connectivity index (χ2n) is 6.39. The third kappa shape index (κ3) is 3.50. The molecule has 0 amide bonds. The van der Waals surface area contributed by atoms with Gasteiger partial charge in [-0.25, -0.2) is 4.98 Å². The minimum atomic E-state index is 0. The van der Waals surface area contributed by atoms with Crippen LogP contribution in [0.15, 0.2) is 36.5 Å². The number of anilines is 2. The molecule has 0 spiro atoms. The SMILES string of the molecule is CC(C)Oc1ccc(N)c(C(=N)c2ccnc(N3CCCC3)c2)c1.[HH]. The molecule has 0 unspecified atom stereocenters. The topological polar surface area (TPSA) is 75.2 Å². The van der Waals surface area contributed by atoms with Crippen LogP contribution in [0.25, 0.3) is 0 Å². The van der Waals surface area contributed by atoms with Gasteiger partial charge >= 0.3 is 0 Å². The lowest BCUT2D eigenvalue weighted by molar-refractivity contribution is 0.242. The van der Waals surface area contributed by atoms with Crippen LogP contribution >= 0.6 is 0 Å². The third-order valence-corrected chi connectivity index (χ3v) is 4.13. The number of pyridine rings is 1. The molecule has 1 saturated heterocycles. The van der Waals surface area contributed by atoms with E-state index in [1.54, 1.807) is 12.3 Å². The zero-order chi connectivity index (χ0) is 17.1. The number of nitrogens with two attached hydrogens (primary N) is 1. The number of benzene rings is 1. The van der Waals surface area contributed by atoms with Crippen LogP contribution in [-0.4, -0.2) is 29.9 Å². The predicted octanol–water partition coefficient (Wildman–Crippen LogP) is 3.71. The van der Waals surface area contributed by atoms with Crippen molar-refractivity contribution >= 4 is 17.2 Å². The Morgan fingerprint density at radius 1 is 1.25 bits per heavy atom. The highest BCUT2D eigenvalue weighted by atomic mass is 16.5. The summed E-state index contributed by atoms with van der Waals surface area (Å²) < 4.78 is 5.73. The first-order chi connectivity index (χ1) is 11.5. The molecule has 24 heavy (non-hydrogen) atoms. The largest absolute Gasteiger partial charge is 0.491 e. The Hall–Kier alpha value is -2.56. The van der Waals surface area contributed by atoms with Gasteiger partial charge in [0.15, 0.2) is 0 Å². The van der Waals surface area contributed by atoms with E-state index in [9.17, 15) is 0 Å². The fourth-order valence-electron chi connectivity index (χ4n) is 2.95. The Morgan fingerprint density at radius 3 is 2.71 bits per heavy atom. The number of nitrogens with one attached hydrogen (secondary N) is 1. The fraction of sp³-hybridized carbons (Fsp3) is 0.368. The lowest BCUT2D eigenvalue weighted by Crippen LogP contribution is -2.19. The molecular formula is C19H26N4O. The Morgan fingerprint density at radius 2 is 2.00 bits per heavy atom. The van der Waals surface area contributed by atoms with Crippen molar-refractivity contribution in [2.45, 2.75) is 32.8 Å². The lowest BCUT2D eigenvalue weighted by atomic mass is 10.0. The number of hydrogen-bond acceptors (Lipinski definition) is 5. The van der Waals surface area contributed by atoms with Gasteiger partial charge < -0.3 is 15.4 Å². The van der Waals surface area contributed by atoms with Crippen LogP contribution in [0.2, 0.25) is 0 Å². The molecule has 1 aliphatic heterocycles. The van der Waals surface area contributed by atoms with Crippen LogP contribution in [0.4, 0.5) is 11.5 Å². The van der Waals surface area contributed by atoms with E-state index in [0.717, 1.165) is 30.2 Å². The van der Waals surface area contributed by atoms with E-state index in [1.807, 2.05) is 38.1 Å². The molecule has 2 heterocycles. The number of hydrogen-bond donors (Lipinski definition) is 2. The van der Waals surface area contributed by atoms with Gasteiger partial charge in [0.2, 0.25) is 0 Å². The smallest absolute Gasteiger partial charge is 0.129 e. The average molecular weight is 326 g/mol. The summed E-state index contributed by atoms with van der Waals surface area (Å²) in [5, 5.41) is 8.58. The van der Waals surface area contributed by atoms with Crippen molar-refractivity contribution < 1.29 is 6.16 Å². The molecule has 2 aromatic rings. The molecule has 1 aliphatic rings. The maximum atomic E-state index is 8.58. The van der Waals surface area contributed by atoms with Crippen molar-refractivity contribution in [1.82, 2.24) is 4.98 Å². The Labute approximate surface area is 144 Å². The van der Waals surface area contributed by atoms with Gasteiger partial charge in [-0.3, -0.25) is 5.41 Å². The van der Waals surface area contributed by atoms with E-state index in [4.69, 9.17) is 15.9 Å². The fourth-order valence-corrected chi connectivity index (χ4v) is 2.95. The van der Waals surface area contributed by atoms with E-state index in [2.05, 4.69) is 9.88 Å². The highest BCUT2D eigenvalue weighted by molar-refractivity contribution is 6.14. The molecule has 1 aromatic carbocycles. The number of rotatable bonds is 5. The third-order valence-electron chi connectivity index (χ3n) is 4.13. The van der Waals surface area contributed by atoms with Crippen LogP contribution in [-0.2, 0) is 0 Å². The molecule has 0 saturated carbocycles. The van der Waals surface area contributed by atoms with E-state index < -0.39 is 0 Å². The van der Waals surface area contributed by atoms with E-state index in [-0.39, 0.29) is 7.53 Å². The Kier molecular flexibility index (Phi) is 4.69. The van der Waals surface area contributed by atoms with E-state index >= 15 is 0 Å². The minimum absolute atomic E-state index is 0. The highest BCUT2D eigenvalue weighted by Gasteiger charge is 2.16. The van der Waals surface area contributed by atoms with Gasteiger partial charge in [-0.15, -0.1) is 0 Å². The van der Waals surface area contributed by atoms with Crippen LogP contribution in [0.1, 0.15) is 39.2 Å². The second kappa shape index (κ2) is 6.91. The molecule has 128 valence electrons. The van der Waals surface area contributed by atoms with Gasteiger partial charge in [0, 0.05) is 37.5 Å². The summed E-state index contributed by atoms with van der Waals surface area (Å²) in [5.41, 5.74) is 8.58. The molecule has 1 fully saturated rings. The molecule has 0 aliphatic carbocycles. The monoisotopic (exact) mass is 326 g/mol. The van der Waals surface area contributed by atoms with Crippen molar-refractivity contribution in [2.75, 3.05) is 23.7 Å². The Balaban J connectivity index is 0.00000225. The summed E-state index contributed by atoms with van der Waals surface area (Å²) in [6.45, 7) is 6.02. The normalized spacial score (nSPS) is 14.2. The summed E-state index contributed by atoms with van der Waals surface area (Å²) >= 11 is 0. The van der Waals surface area contributed by atoms with Crippen LogP contribution in [0.5, 0.6) is 5.75 Å². The van der Waals surface area contributed by atoms with Crippen molar-refractivity contribution in [3.05, 3.63) is 47.7 Å². The van der Waals surface area contributed by atoms with Gasteiger partial charge in [-0.1, -0.05) is 0 Å². The second-order valence-corrected chi connectivity index (χ2v) is 6.39. The van der Waals surface area contributed by atoms with Crippen LogP contribution in [0.3, 0.4) is 0 Å². The summed E-state index contributed by atoms with van der Waals surface area (Å²) in [4.78, 5) is 6.71. The summed E-state index contributed by atoms with van der Waals surface area (Å²) in [5.74, 6) is 1.66. The molecule has 5 nitrogen and oxygen atoms in total. The van der Waals surface area contributed by atoms with Gasteiger partial charge in [-0.2, -0.15) is 0 Å². The standard InChI is InChI=1S/C19H24N4O.H2/c1-13(2)24-15-5-6-17(20)16(12-15)19(21)14-7-8-22-18(11-14)23-9-3-4-10-23;/h5-8,11-13,21H,3-4,9-10,20H2,1-2H3;1H. The highest BCUT2D eigenvalue weighted by Crippen LogP contribution is 2.25. The average Bonchev–Trinajstić information content (AvgIpc) is 3.10. The van der Waals surface area contributed by atoms with Gasteiger partial charge in [0.25, 0.3) is 0 Å². The zero-order valence-corrected chi connectivity index (χ0v) is 14.2. The zero-order valence-electron chi connectivity index (χ0n) is 14.2. The van der Waals surface area contributed by atoms with Crippen LogP contribution < -0.4 is 15.4 Å². The predicted molar refractivity (Wildman–Crippen MR) is 100 cm³/mol. The molecule has 5 heteroatoms. The van der Waals surface area contributed by atoms with Crippen molar-refractivity contribution in [2.24, 2.45) is 0 Å². The maximum absolute atomic E-state index is 8.58. The van der Waals surface area contributed by atoms with E-state index in [0.29, 0.717) is 17.0 Å². The summed E-state index contributed by atoms with van der Waals surface area (Å²) in [6, 6.07) is 9.31. The number of aromatic nitrogens is 1.